The van der Waals surface area contributed by atoms with E-state index >= 15 is 0 Å². The first kappa shape index (κ1) is 11.9. The van der Waals surface area contributed by atoms with Crippen LogP contribution < -0.4 is 10.5 Å². The fourth-order valence-electron chi connectivity index (χ4n) is 1.29. The average molecular weight is 215 g/mol. The first-order chi connectivity index (χ1) is 7.11. The third-order valence-corrected chi connectivity index (χ3v) is 1.99. The molecular weight excluding hydrogens is 200 g/mol. The highest BCUT2D eigenvalue weighted by atomic mass is 19.1. The van der Waals surface area contributed by atoms with Crippen LogP contribution >= 0.6 is 0 Å². The zero-order valence-electron chi connectivity index (χ0n) is 8.67. The molecule has 0 aliphatic rings. The molecule has 0 spiro atoms. The summed E-state index contributed by atoms with van der Waals surface area (Å²) in [5, 5.41) is 0. The van der Waals surface area contributed by atoms with Crippen molar-refractivity contribution in [2.45, 2.75) is 25.9 Å². The lowest BCUT2D eigenvalue weighted by Crippen LogP contribution is -2.14. The summed E-state index contributed by atoms with van der Waals surface area (Å²) >= 11 is 0. The summed E-state index contributed by atoms with van der Waals surface area (Å²) in [5.41, 5.74) is 5.34. The van der Waals surface area contributed by atoms with Crippen molar-refractivity contribution in [1.29, 1.82) is 0 Å². The number of nitrogens with two attached hydrogens (primary N) is 1. The molecule has 0 aromatic heterocycles. The van der Waals surface area contributed by atoms with E-state index in [0.717, 1.165) is 18.9 Å². The number of benzene rings is 1. The van der Waals surface area contributed by atoms with Crippen LogP contribution in [0.5, 0.6) is 5.75 Å². The highest BCUT2D eigenvalue weighted by Crippen LogP contribution is 2.17. The minimum absolute atomic E-state index is 0.0882. The van der Waals surface area contributed by atoms with Gasteiger partial charge in [0.15, 0.2) is 0 Å². The Kier molecular flexibility index (Phi) is 4.49. The number of ether oxygens (including phenoxy) is 1. The van der Waals surface area contributed by atoms with Crippen LogP contribution in [0.1, 0.15) is 19.8 Å². The quantitative estimate of drug-likeness (QED) is 0.818. The summed E-state index contributed by atoms with van der Waals surface area (Å²) in [4.78, 5) is 0. The van der Waals surface area contributed by atoms with E-state index in [2.05, 4.69) is 0 Å². The number of hydrogen-bond acceptors (Lipinski definition) is 2. The summed E-state index contributed by atoms with van der Waals surface area (Å²) < 4.78 is 30.9. The molecule has 0 aliphatic carbocycles. The monoisotopic (exact) mass is 215 g/mol. The highest BCUT2D eigenvalue weighted by molar-refractivity contribution is 5.23. The van der Waals surface area contributed by atoms with Crippen LogP contribution in [0.3, 0.4) is 0 Å². The molecule has 2 nitrogen and oxygen atoms in total. The zero-order chi connectivity index (χ0) is 11.3. The van der Waals surface area contributed by atoms with Crippen molar-refractivity contribution < 1.29 is 13.5 Å². The standard InChI is InChI=1S/C11H15F2NO/c1-8(3-2-4-14)15-11-6-9(12)5-10(13)7-11/h5-8H,2-4,14H2,1H3. The van der Waals surface area contributed by atoms with E-state index in [1.807, 2.05) is 6.92 Å². The van der Waals surface area contributed by atoms with E-state index in [1.165, 1.54) is 12.1 Å². The van der Waals surface area contributed by atoms with E-state index in [1.54, 1.807) is 0 Å². The Labute approximate surface area is 88.0 Å². The molecule has 15 heavy (non-hydrogen) atoms. The van der Waals surface area contributed by atoms with Crippen molar-refractivity contribution in [3.8, 4) is 5.75 Å². The second-order valence-electron chi connectivity index (χ2n) is 3.46. The maximum atomic E-state index is 12.8. The summed E-state index contributed by atoms with van der Waals surface area (Å²) in [7, 11) is 0. The van der Waals surface area contributed by atoms with Crippen molar-refractivity contribution in [2.24, 2.45) is 5.73 Å². The van der Waals surface area contributed by atoms with E-state index in [-0.39, 0.29) is 11.9 Å². The molecule has 0 aliphatic heterocycles. The van der Waals surface area contributed by atoms with Gasteiger partial charge in [-0.05, 0) is 26.3 Å². The van der Waals surface area contributed by atoms with Crippen LogP contribution in [0.4, 0.5) is 8.78 Å². The van der Waals surface area contributed by atoms with Gasteiger partial charge in [-0.25, -0.2) is 8.78 Å². The second-order valence-corrected chi connectivity index (χ2v) is 3.46. The smallest absolute Gasteiger partial charge is 0.129 e. The topological polar surface area (TPSA) is 35.2 Å². The molecule has 0 radical (unpaired) electrons. The zero-order valence-corrected chi connectivity index (χ0v) is 8.67. The molecule has 0 heterocycles. The number of hydrogen-bond donors (Lipinski definition) is 1. The fraction of sp³-hybridized carbons (Fsp3) is 0.455. The fourth-order valence-corrected chi connectivity index (χ4v) is 1.29. The van der Waals surface area contributed by atoms with Gasteiger partial charge in [0.2, 0.25) is 0 Å². The average Bonchev–Trinajstić information content (AvgIpc) is 2.13. The van der Waals surface area contributed by atoms with Crippen LogP contribution in [-0.2, 0) is 0 Å². The molecule has 0 bridgehead atoms. The van der Waals surface area contributed by atoms with Gasteiger partial charge < -0.3 is 10.5 Å². The Morgan fingerprint density at radius 3 is 2.40 bits per heavy atom. The van der Waals surface area contributed by atoms with Crippen molar-refractivity contribution in [2.75, 3.05) is 6.54 Å². The van der Waals surface area contributed by atoms with Crippen LogP contribution in [0, 0.1) is 11.6 Å². The lowest BCUT2D eigenvalue weighted by atomic mass is 10.2. The molecule has 4 heteroatoms. The highest BCUT2D eigenvalue weighted by Gasteiger charge is 2.06. The first-order valence-electron chi connectivity index (χ1n) is 4.94. The molecule has 2 N–H and O–H groups in total. The molecule has 1 aromatic rings. The normalized spacial score (nSPS) is 12.5. The molecular formula is C11H15F2NO. The largest absolute Gasteiger partial charge is 0.491 e. The van der Waals surface area contributed by atoms with Crippen molar-refractivity contribution >= 4 is 0 Å². The van der Waals surface area contributed by atoms with Crippen LogP contribution in [0.25, 0.3) is 0 Å². The molecule has 0 amide bonds. The van der Waals surface area contributed by atoms with Crippen molar-refractivity contribution in [1.82, 2.24) is 0 Å². The minimum Gasteiger partial charge on any atom is -0.491 e. The third kappa shape index (κ3) is 4.25. The minimum atomic E-state index is -0.629. The van der Waals surface area contributed by atoms with Gasteiger partial charge in [-0.2, -0.15) is 0 Å². The predicted molar refractivity (Wildman–Crippen MR) is 54.7 cm³/mol. The summed E-state index contributed by atoms with van der Waals surface area (Å²) in [6.45, 7) is 2.43. The molecule has 0 saturated heterocycles. The van der Waals surface area contributed by atoms with Gasteiger partial charge in [-0.15, -0.1) is 0 Å². The Morgan fingerprint density at radius 1 is 1.27 bits per heavy atom. The van der Waals surface area contributed by atoms with Crippen LogP contribution in [0.15, 0.2) is 18.2 Å². The number of halogens is 2. The maximum Gasteiger partial charge on any atom is 0.129 e. The van der Waals surface area contributed by atoms with Crippen LogP contribution in [-0.4, -0.2) is 12.6 Å². The van der Waals surface area contributed by atoms with Gasteiger partial charge in [-0.1, -0.05) is 0 Å². The molecule has 1 atom stereocenters. The first-order valence-corrected chi connectivity index (χ1v) is 4.94. The summed E-state index contributed by atoms with van der Waals surface area (Å²) in [6.07, 6.45) is 1.52. The Hall–Kier alpha value is -1.16. The molecule has 0 fully saturated rings. The van der Waals surface area contributed by atoms with Crippen molar-refractivity contribution in [3.63, 3.8) is 0 Å². The van der Waals surface area contributed by atoms with Crippen molar-refractivity contribution in [3.05, 3.63) is 29.8 Å². The molecule has 1 unspecified atom stereocenters. The van der Waals surface area contributed by atoms with E-state index in [9.17, 15) is 8.78 Å². The SMILES string of the molecule is CC(CCCN)Oc1cc(F)cc(F)c1. The Morgan fingerprint density at radius 2 is 1.87 bits per heavy atom. The van der Waals surface area contributed by atoms with Gasteiger partial charge in [0.05, 0.1) is 6.10 Å². The third-order valence-electron chi connectivity index (χ3n) is 1.99. The van der Waals surface area contributed by atoms with E-state index in [4.69, 9.17) is 10.5 Å². The maximum absolute atomic E-state index is 12.8. The second kappa shape index (κ2) is 5.66. The molecule has 84 valence electrons. The summed E-state index contributed by atoms with van der Waals surface area (Å²) in [5.74, 6) is -1.04. The number of rotatable bonds is 5. The van der Waals surface area contributed by atoms with Crippen LogP contribution in [0.2, 0.25) is 0 Å². The van der Waals surface area contributed by atoms with Gasteiger partial charge in [-0.3, -0.25) is 0 Å². The van der Waals surface area contributed by atoms with E-state index < -0.39 is 11.6 Å². The van der Waals surface area contributed by atoms with Gasteiger partial charge in [0, 0.05) is 18.2 Å². The lowest BCUT2D eigenvalue weighted by Gasteiger charge is -2.14. The summed E-state index contributed by atoms with van der Waals surface area (Å²) in [6, 6.07) is 3.15. The Bertz CT molecular complexity index is 297. The van der Waals surface area contributed by atoms with Gasteiger partial charge >= 0.3 is 0 Å². The molecule has 1 aromatic carbocycles. The van der Waals surface area contributed by atoms with Gasteiger partial charge in [0.25, 0.3) is 0 Å². The van der Waals surface area contributed by atoms with E-state index in [0.29, 0.717) is 6.54 Å². The lowest BCUT2D eigenvalue weighted by molar-refractivity contribution is 0.207. The molecule has 0 saturated carbocycles. The van der Waals surface area contributed by atoms with Gasteiger partial charge in [0.1, 0.15) is 17.4 Å². The predicted octanol–water partition coefficient (Wildman–Crippen LogP) is 2.47. The molecule has 1 rings (SSSR count). The Balaban J connectivity index is 2.56.